The summed E-state index contributed by atoms with van der Waals surface area (Å²) in [4.78, 5) is 34.3. The number of nitrogens with zero attached hydrogens (tertiary/aromatic N) is 2. The normalized spacial score (nSPS) is 11.7. The molecule has 1 rings (SSSR count). The maximum Gasteiger partial charge on any atom is 0.410 e. The minimum Gasteiger partial charge on any atom is -0.480 e. The number of rotatable bonds is 10. The molecule has 0 fully saturated rings. The van der Waals surface area contributed by atoms with Crippen molar-refractivity contribution < 1.29 is 32.8 Å². The largest absolute Gasteiger partial charge is 0.480 e. The average molecular weight is 431 g/mol. The number of nitro benzene ring substituents is 1. The number of benzene rings is 1. The number of hydrogen-bond acceptors (Lipinski definition) is 7. The summed E-state index contributed by atoms with van der Waals surface area (Å²) in [6.45, 7) is 3.77. The Hall–Kier alpha value is -2.73. The van der Waals surface area contributed by atoms with Crippen LogP contribution in [-0.4, -0.2) is 66.4 Å². The molecule has 1 aromatic carbocycles. The van der Waals surface area contributed by atoms with Gasteiger partial charge in [-0.2, -0.15) is 0 Å². The van der Waals surface area contributed by atoms with Gasteiger partial charge in [-0.15, -0.1) is 0 Å². The molecule has 162 valence electrons. The Morgan fingerprint density at radius 1 is 1.28 bits per heavy atom. The van der Waals surface area contributed by atoms with E-state index in [2.05, 4.69) is 4.72 Å². The van der Waals surface area contributed by atoms with Gasteiger partial charge in [-0.05, 0) is 27.2 Å². The number of ether oxygens (including phenoxy) is 1. The zero-order valence-electron chi connectivity index (χ0n) is 16.5. The fraction of sp³-hybridized carbons (Fsp3) is 0.529. The molecule has 0 atom stereocenters. The molecule has 0 heterocycles. The van der Waals surface area contributed by atoms with Crippen LogP contribution in [0, 0.1) is 10.1 Å². The van der Waals surface area contributed by atoms with Crippen LogP contribution in [0.1, 0.15) is 26.3 Å². The Bertz CT molecular complexity index is 848. The zero-order chi connectivity index (χ0) is 22.2. The summed E-state index contributed by atoms with van der Waals surface area (Å²) in [5, 5.41) is 19.9. The van der Waals surface area contributed by atoms with Gasteiger partial charge in [0.15, 0.2) is 0 Å². The number of para-hydroxylation sites is 1. The Balaban J connectivity index is 2.66. The van der Waals surface area contributed by atoms with Crippen molar-refractivity contribution in [2.45, 2.75) is 32.8 Å². The summed E-state index contributed by atoms with van der Waals surface area (Å²) in [7, 11) is -3.81. The third-order valence-electron chi connectivity index (χ3n) is 3.51. The summed E-state index contributed by atoms with van der Waals surface area (Å²) in [6.07, 6.45) is -0.948. The molecule has 0 aliphatic rings. The minimum atomic E-state index is -3.81. The monoisotopic (exact) mass is 431 g/mol. The standard InChI is InChI=1S/C17H25N3O8S/c1-17(2,3)28-16(23)19(12-15(21)22)10-9-18-29(26,27)11-8-13-6-4-5-7-14(13)20(24)25/h4-7,18H,8-12H2,1-3H3,(H,21,22). The summed E-state index contributed by atoms with van der Waals surface area (Å²) < 4.78 is 31.7. The molecule has 0 bridgehead atoms. The fourth-order valence-electron chi connectivity index (χ4n) is 2.28. The number of carboxylic acid groups (broad SMARTS) is 1. The SMILES string of the molecule is CC(C)(C)OC(=O)N(CCNS(=O)(=O)CCc1ccccc1[N+](=O)[O-])CC(=O)O. The molecule has 0 aromatic heterocycles. The van der Waals surface area contributed by atoms with Crippen molar-refractivity contribution in [3.05, 3.63) is 39.9 Å². The van der Waals surface area contributed by atoms with Crippen molar-refractivity contribution >= 4 is 27.8 Å². The first-order valence-electron chi connectivity index (χ1n) is 8.70. The van der Waals surface area contributed by atoms with Crippen LogP contribution in [0.25, 0.3) is 0 Å². The number of carboxylic acids is 1. The van der Waals surface area contributed by atoms with Gasteiger partial charge in [0.25, 0.3) is 5.69 Å². The lowest BCUT2D eigenvalue weighted by Gasteiger charge is -2.26. The molecule has 0 aliphatic carbocycles. The van der Waals surface area contributed by atoms with E-state index in [9.17, 15) is 28.1 Å². The lowest BCUT2D eigenvalue weighted by Crippen LogP contribution is -2.44. The number of nitrogens with one attached hydrogen (secondary N) is 1. The van der Waals surface area contributed by atoms with Crippen LogP contribution in [-0.2, 0) is 26.0 Å². The maximum absolute atomic E-state index is 12.2. The molecule has 29 heavy (non-hydrogen) atoms. The van der Waals surface area contributed by atoms with Crippen molar-refractivity contribution in [1.29, 1.82) is 0 Å². The minimum absolute atomic E-state index is 0.0720. The van der Waals surface area contributed by atoms with E-state index in [0.717, 1.165) is 4.90 Å². The number of sulfonamides is 1. The van der Waals surface area contributed by atoms with E-state index in [1.165, 1.54) is 18.2 Å². The maximum atomic E-state index is 12.2. The van der Waals surface area contributed by atoms with Gasteiger partial charge in [0.1, 0.15) is 12.1 Å². The van der Waals surface area contributed by atoms with E-state index in [-0.39, 0.29) is 30.8 Å². The average Bonchev–Trinajstić information content (AvgIpc) is 2.57. The first kappa shape index (κ1) is 24.3. The first-order valence-corrected chi connectivity index (χ1v) is 10.4. The number of amides is 1. The number of aryl methyl sites for hydroxylation is 1. The van der Waals surface area contributed by atoms with Crippen molar-refractivity contribution in [2.75, 3.05) is 25.4 Å². The molecule has 2 N–H and O–H groups in total. The highest BCUT2D eigenvalue weighted by molar-refractivity contribution is 7.89. The van der Waals surface area contributed by atoms with Gasteiger partial charge >= 0.3 is 12.1 Å². The van der Waals surface area contributed by atoms with Gasteiger partial charge in [-0.25, -0.2) is 17.9 Å². The number of aliphatic carboxylic acids is 1. The predicted molar refractivity (Wildman–Crippen MR) is 104 cm³/mol. The topological polar surface area (TPSA) is 156 Å². The van der Waals surface area contributed by atoms with Crippen LogP contribution in [0.2, 0.25) is 0 Å². The number of carbonyl (C=O) groups excluding carboxylic acids is 1. The number of hydrogen-bond donors (Lipinski definition) is 2. The number of carbonyl (C=O) groups is 2. The smallest absolute Gasteiger partial charge is 0.410 e. The highest BCUT2D eigenvalue weighted by Crippen LogP contribution is 2.18. The molecule has 0 saturated carbocycles. The highest BCUT2D eigenvalue weighted by Gasteiger charge is 2.24. The molecular formula is C17H25N3O8S. The molecule has 0 unspecified atom stereocenters. The van der Waals surface area contributed by atoms with Crippen LogP contribution in [0.4, 0.5) is 10.5 Å². The third kappa shape index (κ3) is 9.34. The van der Waals surface area contributed by atoms with E-state index >= 15 is 0 Å². The van der Waals surface area contributed by atoms with Gasteiger partial charge in [0.05, 0.1) is 10.7 Å². The molecule has 1 amide bonds. The molecule has 0 aliphatic heterocycles. The van der Waals surface area contributed by atoms with Crippen LogP contribution in [0.3, 0.4) is 0 Å². The highest BCUT2D eigenvalue weighted by atomic mass is 32.2. The van der Waals surface area contributed by atoms with Gasteiger partial charge in [-0.1, -0.05) is 18.2 Å². The van der Waals surface area contributed by atoms with Crippen molar-refractivity contribution in [1.82, 2.24) is 9.62 Å². The quantitative estimate of drug-likeness (QED) is 0.415. The summed E-state index contributed by atoms with van der Waals surface area (Å²) in [5.41, 5.74) is -0.720. The Labute approximate surface area is 168 Å². The summed E-state index contributed by atoms with van der Waals surface area (Å²) in [6, 6.07) is 5.83. The van der Waals surface area contributed by atoms with Crippen LogP contribution >= 0.6 is 0 Å². The third-order valence-corrected chi connectivity index (χ3v) is 4.90. The van der Waals surface area contributed by atoms with Crippen molar-refractivity contribution in [2.24, 2.45) is 0 Å². The molecule has 1 aromatic rings. The Morgan fingerprint density at radius 2 is 1.90 bits per heavy atom. The molecule has 0 saturated heterocycles. The van der Waals surface area contributed by atoms with Gasteiger partial charge in [0, 0.05) is 24.7 Å². The van der Waals surface area contributed by atoms with E-state index in [1.54, 1.807) is 26.8 Å². The second-order valence-electron chi connectivity index (χ2n) is 7.14. The molecule has 0 spiro atoms. The summed E-state index contributed by atoms with van der Waals surface area (Å²) >= 11 is 0. The zero-order valence-corrected chi connectivity index (χ0v) is 17.3. The van der Waals surface area contributed by atoms with Gasteiger partial charge < -0.3 is 9.84 Å². The van der Waals surface area contributed by atoms with Crippen LogP contribution < -0.4 is 4.72 Å². The molecule has 11 nitrogen and oxygen atoms in total. The van der Waals surface area contributed by atoms with Crippen molar-refractivity contribution in [3.8, 4) is 0 Å². The first-order chi connectivity index (χ1) is 13.3. The molecule has 0 radical (unpaired) electrons. The Kier molecular flexibility index (Phi) is 8.52. The second-order valence-corrected chi connectivity index (χ2v) is 9.07. The van der Waals surface area contributed by atoms with E-state index in [1.807, 2.05) is 0 Å². The lowest BCUT2D eigenvalue weighted by molar-refractivity contribution is -0.385. The lowest BCUT2D eigenvalue weighted by atomic mass is 10.1. The predicted octanol–water partition coefficient (Wildman–Crippen LogP) is 1.38. The Morgan fingerprint density at radius 3 is 2.45 bits per heavy atom. The van der Waals surface area contributed by atoms with E-state index in [0.29, 0.717) is 0 Å². The molecule has 12 heteroatoms. The van der Waals surface area contributed by atoms with Crippen LogP contribution in [0.15, 0.2) is 24.3 Å². The second kappa shape index (κ2) is 10.2. The van der Waals surface area contributed by atoms with Gasteiger partial charge in [-0.3, -0.25) is 19.8 Å². The molecular weight excluding hydrogens is 406 g/mol. The van der Waals surface area contributed by atoms with Crippen molar-refractivity contribution in [3.63, 3.8) is 0 Å². The van der Waals surface area contributed by atoms with Crippen LogP contribution in [0.5, 0.6) is 0 Å². The van der Waals surface area contributed by atoms with E-state index in [4.69, 9.17) is 9.84 Å². The van der Waals surface area contributed by atoms with Gasteiger partial charge in [0.2, 0.25) is 10.0 Å². The number of nitro groups is 1. The summed E-state index contributed by atoms with van der Waals surface area (Å²) in [5.74, 6) is -1.67. The van der Waals surface area contributed by atoms with E-state index < -0.39 is 44.9 Å². The fourth-order valence-corrected chi connectivity index (χ4v) is 3.31.